The number of allylic oxidation sites excluding steroid dienone is 1. The van der Waals surface area contributed by atoms with Gasteiger partial charge in [0.05, 0.1) is 55.6 Å². The summed E-state index contributed by atoms with van der Waals surface area (Å²) in [6.45, 7) is 6.58. The number of hydrogen-bond donors (Lipinski definition) is 4. The molecule has 5 N–H and O–H groups in total. The van der Waals surface area contributed by atoms with E-state index < -0.39 is 0 Å². The van der Waals surface area contributed by atoms with Gasteiger partial charge in [-0.25, -0.2) is 20.0 Å². The second-order valence-electron chi connectivity index (χ2n) is 7.84. The van der Waals surface area contributed by atoms with Crippen molar-refractivity contribution in [2.24, 2.45) is 15.7 Å². The molecule has 0 amide bonds. The minimum Gasteiger partial charge on any atom is -0.481 e. The Kier molecular flexibility index (Phi) is 6.55. The molecule has 172 valence electrons. The predicted octanol–water partition coefficient (Wildman–Crippen LogP) is 2.38. The van der Waals surface area contributed by atoms with E-state index >= 15 is 0 Å². The highest BCUT2D eigenvalue weighted by molar-refractivity contribution is 6.13. The zero-order valence-electron chi connectivity index (χ0n) is 18.7. The first-order valence-corrected chi connectivity index (χ1v) is 10.7. The molecule has 2 aliphatic heterocycles. The number of methoxy groups -OCH3 is 1. The number of nitrogens with one attached hydrogen (secondary N) is 2. The number of aliphatic imine (C=N–C) groups is 2. The molecule has 10 heteroatoms. The molecule has 1 fully saturated rings. The molecule has 0 saturated carbocycles. The SMILES string of the molecule is C=C(C)/N=C1/NC=N/C1=C(/N)c1cc(N2CCC[C@H]2CO)cnc1Nc1ccc(OC)nc1. The summed E-state index contributed by atoms with van der Waals surface area (Å²) in [7, 11) is 1.57. The second-order valence-corrected chi connectivity index (χ2v) is 7.84. The standard InChI is InChI=1S/C23H28N8O2/c1-14(2)29-23-21(27-13-28-23)20(24)18-9-17(31-8-4-5-16(31)12-32)11-26-22(18)30-15-6-7-19(33-3)25-10-15/h6-7,9-11,13,16,32H,1,4-5,8,12,24H2,2-3H3,(H,26,30)(H,27,28,29)/b21-20+/t16-/m0/s1. The third-order valence-corrected chi connectivity index (χ3v) is 5.47. The first-order chi connectivity index (χ1) is 16.0. The highest BCUT2D eigenvalue weighted by Gasteiger charge is 2.26. The number of aliphatic hydroxyl groups excluding tert-OH is 1. The van der Waals surface area contributed by atoms with Crippen LogP contribution in [0.3, 0.4) is 0 Å². The Morgan fingerprint density at radius 3 is 2.94 bits per heavy atom. The smallest absolute Gasteiger partial charge is 0.213 e. The Bertz CT molecular complexity index is 1120. The molecule has 10 nitrogen and oxygen atoms in total. The quantitative estimate of drug-likeness (QED) is 0.507. The normalized spacial score (nSPS) is 20.2. The van der Waals surface area contributed by atoms with Crippen molar-refractivity contribution in [2.45, 2.75) is 25.8 Å². The number of pyridine rings is 2. The van der Waals surface area contributed by atoms with E-state index in [1.165, 1.54) is 0 Å². The van der Waals surface area contributed by atoms with Gasteiger partial charge in [0.1, 0.15) is 11.5 Å². The van der Waals surface area contributed by atoms with Gasteiger partial charge in [-0.15, -0.1) is 0 Å². The summed E-state index contributed by atoms with van der Waals surface area (Å²) in [5, 5.41) is 16.1. The van der Waals surface area contributed by atoms with Gasteiger partial charge >= 0.3 is 0 Å². The van der Waals surface area contributed by atoms with Crippen LogP contribution in [-0.2, 0) is 0 Å². The van der Waals surface area contributed by atoms with Crippen LogP contribution >= 0.6 is 0 Å². The number of amidine groups is 1. The number of rotatable bonds is 7. The van der Waals surface area contributed by atoms with Crippen molar-refractivity contribution in [2.75, 3.05) is 30.5 Å². The van der Waals surface area contributed by atoms with Crippen LogP contribution in [0.1, 0.15) is 25.3 Å². The van der Waals surface area contributed by atoms with Gasteiger partial charge in [-0.05, 0) is 31.9 Å². The van der Waals surface area contributed by atoms with Crippen LogP contribution in [0.2, 0.25) is 0 Å². The summed E-state index contributed by atoms with van der Waals surface area (Å²) in [4.78, 5) is 19.9. The van der Waals surface area contributed by atoms with Crippen molar-refractivity contribution in [3.05, 3.63) is 54.1 Å². The lowest BCUT2D eigenvalue weighted by Crippen LogP contribution is -2.32. The first-order valence-electron chi connectivity index (χ1n) is 10.7. The van der Waals surface area contributed by atoms with E-state index in [4.69, 9.17) is 10.5 Å². The van der Waals surface area contributed by atoms with E-state index in [-0.39, 0.29) is 12.6 Å². The monoisotopic (exact) mass is 448 g/mol. The van der Waals surface area contributed by atoms with Crippen LogP contribution in [-0.4, -0.2) is 53.6 Å². The van der Waals surface area contributed by atoms with Crippen molar-refractivity contribution in [3.8, 4) is 5.88 Å². The Hall–Kier alpha value is -3.92. The molecule has 0 bridgehead atoms. The number of nitrogens with zero attached hydrogens (tertiary/aromatic N) is 5. The molecular weight excluding hydrogens is 420 g/mol. The minimum absolute atomic E-state index is 0.0600. The van der Waals surface area contributed by atoms with Gasteiger partial charge < -0.3 is 31.1 Å². The van der Waals surface area contributed by atoms with Gasteiger partial charge in [0, 0.05) is 23.9 Å². The number of aromatic nitrogens is 2. The van der Waals surface area contributed by atoms with E-state index in [0.29, 0.717) is 40.2 Å². The molecule has 0 spiro atoms. The maximum absolute atomic E-state index is 9.78. The Balaban J connectivity index is 1.78. The fourth-order valence-electron chi connectivity index (χ4n) is 3.88. The van der Waals surface area contributed by atoms with E-state index in [2.05, 4.69) is 42.1 Å². The van der Waals surface area contributed by atoms with Crippen LogP contribution in [0.4, 0.5) is 17.2 Å². The molecule has 4 heterocycles. The van der Waals surface area contributed by atoms with E-state index in [9.17, 15) is 5.11 Å². The summed E-state index contributed by atoms with van der Waals surface area (Å²) in [6, 6.07) is 5.64. The average Bonchev–Trinajstić information content (AvgIpc) is 3.48. The molecule has 0 unspecified atom stereocenters. The molecule has 0 aromatic carbocycles. The number of aliphatic hydroxyl groups is 1. The Labute approximate surface area is 192 Å². The lowest BCUT2D eigenvalue weighted by Gasteiger charge is -2.26. The van der Waals surface area contributed by atoms with Crippen LogP contribution < -0.4 is 26.0 Å². The predicted molar refractivity (Wildman–Crippen MR) is 131 cm³/mol. The summed E-state index contributed by atoms with van der Waals surface area (Å²) in [5.41, 5.74) is 10.5. The van der Waals surface area contributed by atoms with Crippen molar-refractivity contribution < 1.29 is 9.84 Å². The molecule has 2 aromatic heterocycles. The van der Waals surface area contributed by atoms with Crippen LogP contribution in [0.5, 0.6) is 5.88 Å². The van der Waals surface area contributed by atoms with Gasteiger partial charge in [0.15, 0.2) is 5.84 Å². The molecule has 0 aliphatic carbocycles. The van der Waals surface area contributed by atoms with Crippen molar-refractivity contribution in [3.63, 3.8) is 0 Å². The van der Waals surface area contributed by atoms with Gasteiger partial charge in [0.2, 0.25) is 5.88 Å². The topological polar surface area (TPSA) is 133 Å². The Morgan fingerprint density at radius 1 is 1.39 bits per heavy atom. The van der Waals surface area contributed by atoms with Crippen LogP contribution in [0, 0.1) is 0 Å². The lowest BCUT2D eigenvalue weighted by atomic mass is 10.1. The molecule has 1 atom stereocenters. The number of hydrogen-bond acceptors (Lipinski definition) is 9. The molecule has 33 heavy (non-hydrogen) atoms. The van der Waals surface area contributed by atoms with Gasteiger partial charge in [-0.1, -0.05) is 6.58 Å². The number of nitrogens with two attached hydrogens (primary N) is 1. The zero-order valence-corrected chi connectivity index (χ0v) is 18.7. The third kappa shape index (κ3) is 4.80. The highest BCUT2D eigenvalue weighted by atomic mass is 16.5. The Morgan fingerprint density at radius 2 is 2.24 bits per heavy atom. The second kappa shape index (κ2) is 9.70. The number of anilines is 3. The van der Waals surface area contributed by atoms with Crippen LogP contribution in [0.25, 0.3) is 5.70 Å². The first kappa shape index (κ1) is 22.3. The van der Waals surface area contributed by atoms with E-state index in [0.717, 1.165) is 30.8 Å². The largest absolute Gasteiger partial charge is 0.481 e. The molecule has 4 rings (SSSR count). The maximum atomic E-state index is 9.78. The van der Waals surface area contributed by atoms with E-state index in [1.807, 2.05) is 12.1 Å². The maximum Gasteiger partial charge on any atom is 0.213 e. The van der Waals surface area contributed by atoms with Crippen molar-refractivity contribution in [1.82, 2.24) is 15.3 Å². The summed E-state index contributed by atoms with van der Waals surface area (Å²) >= 11 is 0. The van der Waals surface area contributed by atoms with Crippen LogP contribution in [0.15, 0.2) is 58.6 Å². The fraction of sp³-hybridized carbons (Fsp3) is 0.304. The van der Waals surface area contributed by atoms with Gasteiger partial charge in [-0.3, -0.25) is 0 Å². The van der Waals surface area contributed by atoms with Gasteiger partial charge in [-0.2, -0.15) is 0 Å². The van der Waals surface area contributed by atoms with E-state index in [1.54, 1.807) is 38.8 Å². The summed E-state index contributed by atoms with van der Waals surface area (Å²) in [6.07, 6.45) is 6.94. The summed E-state index contributed by atoms with van der Waals surface area (Å²) < 4.78 is 5.13. The molecule has 1 saturated heterocycles. The molecule has 0 radical (unpaired) electrons. The summed E-state index contributed by atoms with van der Waals surface area (Å²) in [5.74, 6) is 1.59. The molecular formula is C23H28N8O2. The van der Waals surface area contributed by atoms with Crippen molar-refractivity contribution >= 4 is 35.1 Å². The zero-order chi connectivity index (χ0) is 23.4. The van der Waals surface area contributed by atoms with Crippen molar-refractivity contribution in [1.29, 1.82) is 0 Å². The highest BCUT2D eigenvalue weighted by Crippen LogP contribution is 2.32. The molecule has 2 aromatic rings. The fourth-order valence-corrected chi connectivity index (χ4v) is 3.88. The average molecular weight is 449 g/mol. The molecule has 2 aliphatic rings. The third-order valence-electron chi connectivity index (χ3n) is 5.47. The van der Waals surface area contributed by atoms with Gasteiger partial charge in [0.25, 0.3) is 0 Å². The minimum atomic E-state index is 0.0600. The lowest BCUT2D eigenvalue weighted by molar-refractivity contribution is 0.266. The number of ether oxygens (including phenoxy) is 1.